The Bertz CT molecular complexity index is 708. The molecule has 3 N–H and O–H groups in total. The van der Waals surface area contributed by atoms with Gasteiger partial charge in [-0.3, -0.25) is 10.4 Å². The van der Waals surface area contributed by atoms with Crippen molar-refractivity contribution < 1.29 is 5.41 Å². The maximum absolute atomic E-state index is 5.88. The summed E-state index contributed by atoms with van der Waals surface area (Å²) in [6, 6.07) is 5.98. The maximum atomic E-state index is 5.88. The summed E-state index contributed by atoms with van der Waals surface area (Å²) in [7, 11) is 2.13. The Morgan fingerprint density at radius 3 is 2.71 bits per heavy atom. The summed E-state index contributed by atoms with van der Waals surface area (Å²) in [5.74, 6) is 1.63. The summed E-state index contributed by atoms with van der Waals surface area (Å²) >= 11 is 0. The number of pyridine rings is 1. The Morgan fingerprint density at radius 2 is 2.00 bits per heavy atom. The zero-order chi connectivity index (χ0) is 16.9. The minimum atomic E-state index is 0.599. The number of aromatic nitrogens is 3. The Morgan fingerprint density at radius 1 is 1.21 bits per heavy atom. The molecule has 1 fully saturated rings. The largest absolute Gasteiger partial charge is 0.364 e. The average molecular weight is 326 g/mol. The fourth-order valence-corrected chi connectivity index (χ4v) is 2.82. The summed E-state index contributed by atoms with van der Waals surface area (Å²) in [5, 5.41) is 9.21. The second-order valence-electron chi connectivity index (χ2n) is 6.04. The van der Waals surface area contributed by atoms with Crippen LogP contribution in [0.25, 0.3) is 0 Å². The van der Waals surface area contributed by atoms with Gasteiger partial charge in [-0.15, -0.1) is 0 Å². The fraction of sp³-hybridized carbons (Fsp3) is 0.412. The summed E-state index contributed by atoms with van der Waals surface area (Å²) in [6.07, 6.45) is 3.17. The van der Waals surface area contributed by atoms with E-state index >= 15 is 0 Å². The zero-order valence-corrected chi connectivity index (χ0v) is 14.2. The zero-order valence-electron chi connectivity index (χ0n) is 14.2. The van der Waals surface area contributed by atoms with Crippen LogP contribution in [0.3, 0.4) is 0 Å². The molecule has 0 saturated carbocycles. The highest BCUT2D eigenvalue weighted by atomic mass is 15.3. The van der Waals surface area contributed by atoms with Crippen LogP contribution in [0.15, 0.2) is 24.5 Å². The van der Waals surface area contributed by atoms with Gasteiger partial charge in [-0.2, -0.15) is 0 Å². The summed E-state index contributed by atoms with van der Waals surface area (Å²) in [6.45, 7) is 6.49. The lowest BCUT2D eigenvalue weighted by molar-refractivity contribution is -0.104. The summed E-state index contributed by atoms with van der Waals surface area (Å²) in [5.41, 5.74) is 2.81. The minimum Gasteiger partial charge on any atom is -0.364 e. The van der Waals surface area contributed by atoms with Crippen LogP contribution in [-0.4, -0.2) is 59.3 Å². The van der Waals surface area contributed by atoms with E-state index in [1.807, 2.05) is 25.1 Å². The first-order chi connectivity index (χ1) is 11.7. The number of likely N-dealkylation sites (N-methyl/N-ethyl adjacent to an activating group) is 1. The molecule has 0 unspecified atom stereocenters. The van der Waals surface area contributed by atoms with Crippen LogP contribution in [0, 0.1) is 6.92 Å². The molecule has 2 aromatic rings. The van der Waals surface area contributed by atoms with Crippen molar-refractivity contribution in [3.05, 3.63) is 41.5 Å². The average Bonchev–Trinajstić information content (AvgIpc) is 2.60. The fourth-order valence-electron chi connectivity index (χ4n) is 2.82. The topological polar surface area (TPSA) is 82.8 Å². The molecule has 0 spiro atoms. The molecule has 0 atom stereocenters. The molecule has 0 radical (unpaired) electrons. The molecule has 0 aliphatic carbocycles. The highest BCUT2D eigenvalue weighted by Gasteiger charge is 2.21. The van der Waals surface area contributed by atoms with Crippen molar-refractivity contribution in [2.45, 2.75) is 13.5 Å². The van der Waals surface area contributed by atoms with Crippen molar-refractivity contribution in [1.82, 2.24) is 19.9 Å². The van der Waals surface area contributed by atoms with Gasteiger partial charge in [-0.05, 0) is 26.1 Å². The van der Waals surface area contributed by atoms with Gasteiger partial charge in [-0.1, -0.05) is 6.07 Å². The quantitative estimate of drug-likeness (QED) is 0.736. The number of piperazine rings is 1. The molecule has 0 aromatic carbocycles. The van der Waals surface area contributed by atoms with Crippen LogP contribution in [0.4, 0.5) is 11.6 Å². The predicted molar refractivity (Wildman–Crippen MR) is 95.1 cm³/mol. The highest BCUT2D eigenvalue weighted by molar-refractivity contribution is 5.89. The number of nitrogens with zero attached hydrogens (tertiary/aromatic N) is 5. The Hall–Kier alpha value is -2.54. The van der Waals surface area contributed by atoms with Crippen molar-refractivity contribution in [2.24, 2.45) is 0 Å². The third kappa shape index (κ3) is 3.68. The van der Waals surface area contributed by atoms with Crippen molar-refractivity contribution in [3.63, 3.8) is 0 Å². The van der Waals surface area contributed by atoms with E-state index in [1.54, 1.807) is 12.5 Å². The second kappa shape index (κ2) is 7.35. The van der Waals surface area contributed by atoms with Crippen LogP contribution in [0.5, 0.6) is 0 Å². The normalized spacial score (nSPS) is 15.3. The van der Waals surface area contributed by atoms with Gasteiger partial charge in [0.1, 0.15) is 23.5 Å². The Balaban J connectivity index is 1.78. The molecular weight excluding hydrogens is 302 g/mol. The van der Waals surface area contributed by atoms with Crippen molar-refractivity contribution in [1.29, 1.82) is 0 Å². The molecule has 0 bridgehead atoms. The minimum absolute atomic E-state index is 0.599. The third-order valence-corrected chi connectivity index (χ3v) is 4.22. The van der Waals surface area contributed by atoms with Crippen molar-refractivity contribution >= 4 is 17.9 Å². The summed E-state index contributed by atoms with van der Waals surface area (Å²) in [4.78, 5) is 17.9. The molecule has 24 heavy (non-hydrogen) atoms. The van der Waals surface area contributed by atoms with E-state index in [0.717, 1.165) is 54.8 Å². The first kappa shape index (κ1) is 16.3. The summed E-state index contributed by atoms with van der Waals surface area (Å²) < 4.78 is 0. The molecule has 7 nitrogen and oxygen atoms in total. The standard InChI is InChI=1S/C17H23N7/c1-13-4-3-5-14(22-13)11-19-16-15(10-18)17(21-12-20-16)24-8-6-23(2)7-9-24/h3-5,10,12,18H,6-9,11H2,1-2H3,(H,19,20,21)/p+1. The van der Waals surface area contributed by atoms with Crippen LogP contribution < -0.4 is 15.6 Å². The molecule has 7 heteroatoms. The van der Waals surface area contributed by atoms with Gasteiger partial charge in [0.25, 0.3) is 0 Å². The number of hydrogen-bond acceptors (Lipinski definition) is 6. The van der Waals surface area contributed by atoms with Gasteiger partial charge < -0.3 is 15.1 Å². The van der Waals surface area contributed by atoms with E-state index in [4.69, 9.17) is 5.41 Å². The SMILES string of the molecule is Cc1cccc(CNc2ncnc(N3CCN(C)CC3)c2C=[NH2+])n1. The third-order valence-electron chi connectivity index (χ3n) is 4.22. The van der Waals surface area contributed by atoms with E-state index in [9.17, 15) is 0 Å². The number of nitrogens with two attached hydrogens (primary N) is 1. The monoisotopic (exact) mass is 326 g/mol. The van der Waals surface area contributed by atoms with Gasteiger partial charge in [0.15, 0.2) is 6.21 Å². The number of rotatable bonds is 5. The molecule has 1 saturated heterocycles. The molecule has 0 amide bonds. The lowest BCUT2D eigenvalue weighted by Gasteiger charge is -2.33. The van der Waals surface area contributed by atoms with Crippen molar-refractivity contribution in [2.75, 3.05) is 43.4 Å². The van der Waals surface area contributed by atoms with Gasteiger partial charge in [0.2, 0.25) is 0 Å². The maximum Gasteiger partial charge on any atom is 0.174 e. The van der Waals surface area contributed by atoms with E-state index in [2.05, 4.69) is 37.1 Å². The number of anilines is 2. The first-order valence-electron chi connectivity index (χ1n) is 8.17. The number of hydrogen-bond donors (Lipinski definition) is 2. The molecule has 2 aromatic heterocycles. The first-order valence-corrected chi connectivity index (χ1v) is 8.17. The van der Waals surface area contributed by atoms with E-state index < -0.39 is 0 Å². The van der Waals surface area contributed by atoms with Crippen LogP contribution in [0.1, 0.15) is 17.0 Å². The highest BCUT2D eigenvalue weighted by Crippen LogP contribution is 2.22. The molecular formula is C17H24N7+. The Kier molecular flexibility index (Phi) is 5.00. The van der Waals surface area contributed by atoms with Crippen molar-refractivity contribution in [3.8, 4) is 0 Å². The van der Waals surface area contributed by atoms with Gasteiger partial charge in [0.05, 0.1) is 12.2 Å². The molecule has 1 aliphatic rings. The molecule has 1 aliphatic heterocycles. The van der Waals surface area contributed by atoms with E-state index in [1.165, 1.54) is 0 Å². The molecule has 126 valence electrons. The lowest BCUT2D eigenvalue weighted by atomic mass is 10.2. The van der Waals surface area contributed by atoms with Gasteiger partial charge in [-0.25, -0.2) is 9.97 Å². The smallest absolute Gasteiger partial charge is 0.174 e. The van der Waals surface area contributed by atoms with Crippen LogP contribution in [-0.2, 0) is 6.54 Å². The van der Waals surface area contributed by atoms with E-state index in [0.29, 0.717) is 6.54 Å². The Labute approximate surface area is 142 Å². The second-order valence-corrected chi connectivity index (χ2v) is 6.04. The van der Waals surface area contributed by atoms with Gasteiger partial charge in [0, 0.05) is 31.9 Å². The number of nitrogens with one attached hydrogen (secondary N) is 1. The number of aryl methyl sites for hydroxylation is 1. The van der Waals surface area contributed by atoms with Crippen LogP contribution in [0.2, 0.25) is 0 Å². The molecule has 3 rings (SSSR count). The molecule has 3 heterocycles. The van der Waals surface area contributed by atoms with Crippen LogP contribution >= 0.6 is 0 Å². The van der Waals surface area contributed by atoms with Gasteiger partial charge >= 0.3 is 0 Å². The van der Waals surface area contributed by atoms with E-state index in [-0.39, 0.29) is 0 Å². The predicted octanol–water partition coefficient (Wildman–Crippen LogP) is -0.278. The lowest BCUT2D eigenvalue weighted by Crippen LogP contribution is -2.45.